The summed E-state index contributed by atoms with van der Waals surface area (Å²) in [5.41, 5.74) is 1.74. The standard InChI is InChI=1S/C20H23N5O5/c1-3-13-17(24-8-6-21-7-9-24)18(28)16-20(25(13)11-15(26)27)30-19(23-16)12-4-5-22-14(10-12)29-2/h4-5,10,21H,3,6-9,11H2,1-2H3,(H,26,27). The fourth-order valence-corrected chi connectivity index (χ4v) is 3.79. The van der Waals surface area contributed by atoms with Crippen LogP contribution in [0, 0.1) is 0 Å². The monoisotopic (exact) mass is 413 g/mol. The van der Waals surface area contributed by atoms with Crippen LogP contribution in [0.1, 0.15) is 12.6 Å². The highest BCUT2D eigenvalue weighted by Crippen LogP contribution is 2.29. The van der Waals surface area contributed by atoms with Crippen molar-refractivity contribution in [3.63, 3.8) is 0 Å². The first-order valence-corrected chi connectivity index (χ1v) is 9.77. The zero-order valence-electron chi connectivity index (χ0n) is 16.8. The third-order valence-electron chi connectivity index (χ3n) is 5.14. The molecule has 3 aromatic rings. The van der Waals surface area contributed by atoms with Gasteiger partial charge in [-0.3, -0.25) is 9.59 Å². The van der Waals surface area contributed by atoms with Crippen LogP contribution in [0.15, 0.2) is 27.5 Å². The van der Waals surface area contributed by atoms with Gasteiger partial charge in [0.1, 0.15) is 12.2 Å². The van der Waals surface area contributed by atoms with Crippen molar-refractivity contribution in [2.24, 2.45) is 0 Å². The van der Waals surface area contributed by atoms with Gasteiger partial charge in [0.15, 0.2) is 5.52 Å². The van der Waals surface area contributed by atoms with Crippen LogP contribution in [-0.4, -0.2) is 58.9 Å². The van der Waals surface area contributed by atoms with Crippen LogP contribution < -0.4 is 20.4 Å². The second-order valence-corrected chi connectivity index (χ2v) is 6.95. The predicted octanol–water partition coefficient (Wildman–Crippen LogP) is 1.12. The normalized spacial score (nSPS) is 14.3. The lowest BCUT2D eigenvalue weighted by Gasteiger charge is -2.31. The summed E-state index contributed by atoms with van der Waals surface area (Å²) >= 11 is 0. The molecule has 1 aliphatic rings. The topological polar surface area (TPSA) is 123 Å². The Morgan fingerprint density at radius 3 is 2.80 bits per heavy atom. The summed E-state index contributed by atoms with van der Waals surface area (Å²) in [4.78, 5) is 35.5. The number of ether oxygens (including phenoxy) is 1. The molecule has 0 aliphatic carbocycles. The van der Waals surface area contributed by atoms with E-state index < -0.39 is 5.97 Å². The first-order valence-electron chi connectivity index (χ1n) is 9.77. The van der Waals surface area contributed by atoms with Crippen molar-refractivity contribution in [1.29, 1.82) is 0 Å². The summed E-state index contributed by atoms with van der Waals surface area (Å²) in [6.07, 6.45) is 2.03. The molecule has 1 aliphatic heterocycles. The van der Waals surface area contributed by atoms with Crippen molar-refractivity contribution in [3.05, 3.63) is 34.2 Å². The molecule has 1 fully saturated rings. The van der Waals surface area contributed by atoms with Gasteiger partial charge in [0, 0.05) is 49.7 Å². The second-order valence-electron chi connectivity index (χ2n) is 6.95. The molecule has 0 atom stereocenters. The number of piperazine rings is 1. The molecule has 0 bridgehead atoms. The Bertz CT molecular complexity index is 1150. The number of pyridine rings is 2. The number of nitrogens with one attached hydrogen (secondary N) is 1. The maximum atomic E-state index is 13.4. The summed E-state index contributed by atoms with van der Waals surface area (Å²) < 4.78 is 12.6. The minimum Gasteiger partial charge on any atom is -0.481 e. The van der Waals surface area contributed by atoms with E-state index in [2.05, 4.69) is 15.3 Å². The molecule has 1 saturated heterocycles. The van der Waals surface area contributed by atoms with Crippen LogP contribution >= 0.6 is 0 Å². The number of hydrogen-bond donors (Lipinski definition) is 2. The van der Waals surface area contributed by atoms with Crippen LogP contribution in [0.4, 0.5) is 5.69 Å². The molecule has 3 aromatic heterocycles. The number of hydrogen-bond acceptors (Lipinski definition) is 8. The number of fused-ring (bicyclic) bond motifs is 1. The van der Waals surface area contributed by atoms with E-state index in [1.165, 1.54) is 7.11 Å². The predicted molar refractivity (Wildman–Crippen MR) is 110 cm³/mol. The van der Waals surface area contributed by atoms with E-state index in [-0.39, 0.29) is 29.1 Å². The van der Waals surface area contributed by atoms with E-state index in [1.54, 1.807) is 22.9 Å². The van der Waals surface area contributed by atoms with Gasteiger partial charge >= 0.3 is 5.97 Å². The minimum atomic E-state index is -1.02. The smallest absolute Gasteiger partial charge is 0.323 e. The molecule has 0 spiro atoms. The number of carboxylic acids is 1. The molecule has 4 rings (SSSR count). The number of aliphatic carboxylic acids is 1. The highest BCUT2D eigenvalue weighted by molar-refractivity contribution is 5.80. The lowest BCUT2D eigenvalue weighted by Crippen LogP contribution is -2.46. The number of nitrogens with zero attached hydrogens (tertiary/aromatic N) is 4. The molecule has 10 heteroatoms. The van der Waals surface area contributed by atoms with Crippen LogP contribution in [-0.2, 0) is 17.8 Å². The number of carboxylic acid groups (broad SMARTS) is 1. The van der Waals surface area contributed by atoms with E-state index in [9.17, 15) is 14.7 Å². The molecule has 4 heterocycles. The van der Waals surface area contributed by atoms with Gasteiger partial charge in [-0.05, 0) is 12.5 Å². The largest absolute Gasteiger partial charge is 0.481 e. The van der Waals surface area contributed by atoms with Gasteiger partial charge in [-0.2, -0.15) is 0 Å². The Morgan fingerprint density at radius 1 is 1.37 bits per heavy atom. The average molecular weight is 413 g/mol. The molecular formula is C20H23N5O5. The maximum absolute atomic E-state index is 13.4. The minimum absolute atomic E-state index is 0.118. The summed E-state index contributed by atoms with van der Waals surface area (Å²) in [5, 5.41) is 12.8. The van der Waals surface area contributed by atoms with Crippen molar-refractivity contribution in [2.45, 2.75) is 19.9 Å². The third-order valence-corrected chi connectivity index (χ3v) is 5.14. The van der Waals surface area contributed by atoms with E-state index in [0.717, 1.165) is 13.1 Å². The second kappa shape index (κ2) is 8.15. The number of aromatic nitrogens is 3. The van der Waals surface area contributed by atoms with E-state index in [4.69, 9.17) is 9.15 Å². The highest BCUT2D eigenvalue weighted by Gasteiger charge is 2.26. The molecule has 0 aromatic carbocycles. The molecule has 0 amide bonds. The number of oxazole rings is 1. The lowest BCUT2D eigenvalue weighted by molar-refractivity contribution is -0.137. The maximum Gasteiger partial charge on any atom is 0.323 e. The van der Waals surface area contributed by atoms with Crippen molar-refractivity contribution < 1.29 is 19.1 Å². The van der Waals surface area contributed by atoms with Gasteiger partial charge in [-0.1, -0.05) is 6.92 Å². The Morgan fingerprint density at radius 2 is 2.13 bits per heavy atom. The van der Waals surface area contributed by atoms with Gasteiger partial charge in [0.2, 0.25) is 22.9 Å². The van der Waals surface area contributed by atoms with Crippen LogP contribution in [0.5, 0.6) is 5.88 Å². The molecular weight excluding hydrogens is 390 g/mol. The van der Waals surface area contributed by atoms with Crippen molar-refractivity contribution in [3.8, 4) is 17.3 Å². The fourth-order valence-electron chi connectivity index (χ4n) is 3.79. The van der Waals surface area contributed by atoms with Crippen LogP contribution in [0.3, 0.4) is 0 Å². The molecule has 30 heavy (non-hydrogen) atoms. The van der Waals surface area contributed by atoms with Gasteiger partial charge in [-0.15, -0.1) is 0 Å². The zero-order valence-corrected chi connectivity index (χ0v) is 16.8. The van der Waals surface area contributed by atoms with Crippen molar-refractivity contribution >= 4 is 22.9 Å². The van der Waals surface area contributed by atoms with E-state index >= 15 is 0 Å². The Hall–Kier alpha value is -3.40. The summed E-state index contributed by atoms with van der Waals surface area (Å²) in [6, 6.07) is 3.34. The van der Waals surface area contributed by atoms with Crippen molar-refractivity contribution in [1.82, 2.24) is 19.9 Å². The first-order chi connectivity index (χ1) is 14.5. The summed E-state index contributed by atoms with van der Waals surface area (Å²) in [6.45, 7) is 4.39. The van der Waals surface area contributed by atoms with Gasteiger partial charge in [-0.25, -0.2) is 9.97 Å². The Kier molecular flexibility index (Phi) is 5.40. The number of carbonyl (C=O) groups is 1. The van der Waals surface area contributed by atoms with Crippen LogP contribution in [0.25, 0.3) is 22.7 Å². The highest BCUT2D eigenvalue weighted by atomic mass is 16.5. The molecule has 158 valence electrons. The molecule has 0 unspecified atom stereocenters. The van der Waals surface area contributed by atoms with E-state index in [0.29, 0.717) is 42.3 Å². The lowest BCUT2D eigenvalue weighted by atomic mass is 10.1. The molecule has 2 N–H and O–H groups in total. The zero-order chi connectivity index (χ0) is 21.3. The Balaban J connectivity index is 1.97. The van der Waals surface area contributed by atoms with Gasteiger partial charge in [0.25, 0.3) is 0 Å². The first kappa shape index (κ1) is 19.9. The van der Waals surface area contributed by atoms with Crippen molar-refractivity contribution in [2.75, 3.05) is 38.2 Å². The molecule has 0 radical (unpaired) electrons. The SMILES string of the molecule is CCc1c(N2CCNCC2)c(=O)c2nc(-c3ccnc(OC)c3)oc2n1CC(=O)O. The number of anilines is 1. The third kappa shape index (κ3) is 3.50. The summed E-state index contributed by atoms with van der Waals surface area (Å²) in [7, 11) is 1.50. The van der Waals surface area contributed by atoms with Crippen LogP contribution in [0.2, 0.25) is 0 Å². The quantitative estimate of drug-likeness (QED) is 0.612. The number of methoxy groups -OCH3 is 1. The van der Waals surface area contributed by atoms with E-state index in [1.807, 2.05) is 11.8 Å². The average Bonchev–Trinajstić information content (AvgIpc) is 3.22. The molecule has 0 saturated carbocycles. The number of rotatable bonds is 6. The Labute approximate surface area is 172 Å². The fraction of sp³-hybridized carbons (Fsp3) is 0.400. The molecule has 10 nitrogen and oxygen atoms in total. The van der Waals surface area contributed by atoms with Gasteiger partial charge < -0.3 is 29.0 Å². The van der Waals surface area contributed by atoms with Gasteiger partial charge in [0.05, 0.1) is 7.11 Å². The summed E-state index contributed by atoms with van der Waals surface area (Å²) in [5.74, 6) is -0.433.